The fourth-order valence-corrected chi connectivity index (χ4v) is 3.54. The van der Waals surface area contributed by atoms with Crippen LogP contribution in [0.5, 0.6) is 0 Å². The highest BCUT2D eigenvalue weighted by molar-refractivity contribution is 5.85. The van der Waals surface area contributed by atoms with Crippen molar-refractivity contribution in [1.82, 2.24) is 19.8 Å². The molecule has 1 amide bonds. The second kappa shape index (κ2) is 6.84. The van der Waals surface area contributed by atoms with E-state index < -0.39 is 4.92 Å². The molecule has 2 fully saturated rings. The molecule has 2 aliphatic heterocycles. The van der Waals surface area contributed by atoms with Crippen LogP contribution in [-0.4, -0.2) is 50.5 Å². The lowest BCUT2D eigenvalue weighted by Crippen LogP contribution is -2.49. The van der Waals surface area contributed by atoms with Crippen molar-refractivity contribution >= 4 is 24.1 Å². The molecule has 8 nitrogen and oxygen atoms in total. The van der Waals surface area contributed by atoms with Crippen molar-refractivity contribution in [3.63, 3.8) is 0 Å². The number of amides is 1. The number of nitrogens with one attached hydrogen (secondary N) is 1. The number of carbonyl (C=O) groups is 1. The Bertz CT molecular complexity index is 593. The number of hydrogen-bond acceptors (Lipinski definition) is 5. The maximum Gasteiger partial charge on any atom is 0.381 e. The lowest BCUT2D eigenvalue weighted by molar-refractivity contribution is -0.389. The van der Waals surface area contributed by atoms with Crippen molar-refractivity contribution in [2.75, 3.05) is 7.05 Å². The molecular formula is C14H22ClN5O3. The second-order valence-corrected chi connectivity index (χ2v) is 6.30. The van der Waals surface area contributed by atoms with E-state index in [4.69, 9.17) is 0 Å². The molecule has 2 bridgehead atoms. The Hall–Kier alpha value is -1.67. The van der Waals surface area contributed by atoms with Crippen LogP contribution in [0.2, 0.25) is 0 Å². The number of piperidine rings is 1. The number of nitro groups is 1. The van der Waals surface area contributed by atoms with Crippen LogP contribution in [0.3, 0.4) is 0 Å². The van der Waals surface area contributed by atoms with Gasteiger partial charge in [0.25, 0.3) is 0 Å². The summed E-state index contributed by atoms with van der Waals surface area (Å²) in [5, 5.41) is 14.3. The van der Waals surface area contributed by atoms with Crippen LogP contribution in [0.1, 0.15) is 31.5 Å². The Balaban J connectivity index is 0.00000192. The average molecular weight is 344 g/mol. The minimum absolute atomic E-state index is 0. The summed E-state index contributed by atoms with van der Waals surface area (Å²) < 4.78 is 1.55. The van der Waals surface area contributed by atoms with Crippen molar-refractivity contribution in [3.05, 3.63) is 22.1 Å². The number of aromatic nitrogens is 2. The molecule has 0 aromatic carbocycles. The van der Waals surface area contributed by atoms with E-state index in [1.165, 1.54) is 19.0 Å². The van der Waals surface area contributed by atoms with Crippen LogP contribution >= 0.6 is 12.4 Å². The van der Waals surface area contributed by atoms with Crippen molar-refractivity contribution in [3.8, 4) is 0 Å². The Labute approximate surface area is 140 Å². The zero-order valence-electron chi connectivity index (χ0n) is 13.3. The van der Waals surface area contributed by atoms with E-state index in [9.17, 15) is 14.9 Å². The molecule has 2 atom stereocenters. The molecule has 1 aromatic rings. The Morgan fingerprint density at radius 1 is 1.48 bits per heavy atom. The highest BCUT2D eigenvalue weighted by atomic mass is 35.5. The fourth-order valence-electron chi connectivity index (χ4n) is 3.54. The summed E-state index contributed by atoms with van der Waals surface area (Å²) in [5.41, 5.74) is 0. The molecule has 1 N–H and O–H groups in total. The minimum Gasteiger partial charge on any atom is -0.358 e. The van der Waals surface area contributed by atoms with Gasteiger partial charge in [-0.25, -0.2) is 0 Å². The Morgan fingerprint density at radius 3 is 2.61 bits per heavy atom. The monoisotopic (exact) mass is 343 g/mol. The summed E-state index contributed by atoms with van der Waals surface area (Å²) in [5.74, 6) is 0.244. The van der Waals surface area contributed by atoms with Gasteiger partial charge in [0.15, 0.2) is 0 Å². The smallest absolute Gasteiger partial charge is 0.358 e. The molecule has 1 aromatic heterocycles. The summed E-state index contributed by atoms with van der Waals surface area (Å²) in [6.07, 6.45) is 5.68. The second-order valence-electron chi connectivity index (χ2n) is 6.30. The summed E-state index contributed by atoms with van der Waals surface area (Å²) in [7, 11) is 1.83. The lowest BCUT2D eigenvalue weighted by atomic mass is 9.98. The highest BCUT2D eigenvalue weighted by Crippen LogP contribution is 2.29. The van der Waals surface area contributed by atoms with E-state index in [2.05, 4.69) is 10.3 Å². The summed E-state index contributed by atoms with van der Waals surface area (Å²) in [6, 6.07) is 1.30. The molecule has 23 heavy (non-hydrogen) atoms. The average Bonchev–Trinajstić information content (AvgIpc) is 3.01. The van der Waals surface area contributed by atoms with Gasteiger partial charge in [0.2, 0.25) is 11.7 Å². The maximum atomic E-state index is 12.5. The molecule has 2 unspecified atom stereocenters. The van der Waals surface area contributed by atoms with Crippen LogP contribution in [0.15, 0.2) is 6.20 Å². The van der Waals surface area contributed by atoms with Gasteiger partial charge >= 0.3 is 5.82 Å². The van der Waals surface area contributed by atoms with Gasteiger partial charge < -0.3 is 20.3 Å². The van der Waals surface area contributed by atoms with Gasteiger partial charge in [0.1, 0.15) is 12.7 Å². The van der Waals surface area contributed by atoms with Crippen molar-refractivity contribution in [2.45, 2.75) is 57.3 Å². The van der Waals surface area contributed by atoms with Crippen LogP contribution in [0.4, 0.5) is 5.82 Å². The third-order valence-corrected chi connectivity index (χ3v) is 4.85. The SMILES string of the molecule is Cc1nc([N+](=O)[O-])cn1CC(=O)N(C)C1CC2CCC(C1)N2.Cl. The van der Waals surface area contributed by atoms with E-state index in [-0.39, 0.29) is 36.7 Å². The Kier molecular flexibility index (Phi) is 5.26. The first-order chi connectivity index (χ1) is 10.4. The number of halogens is 1. The predicted molar refractivity (Wildman–Crippen MR) is 86.6 cm³/mol. The first kappa shape index (κ1) is 17.7. The maximum absolute atomic E-state index is 12.5. The van der Waals surface area contributed by atoms with Gasteiger partial charge in [-0.05, 0) is 35.6 Å². The molecule has 0 radical (unpaired) electrons. The number of rotatable bonds is 4. The number of hydrogen-bond donors (Lipinski definition) is 1. The normalized spacial score (nSPS) is 25.7. The summed E-state index contributed by atoms with van der Waals surface area (Å²) in [4.78, 5) is 28.3. The van der Waals surface area contributed by atoms with Crippen LogP contribution in [0, 0.1) is 17.0 Å². The first-order valence-corrected chi connectivity index (χ1v) is 7.64. The van der Waals surface area contributed by atoms with E-state index >= 15 is 0 Å². The lowest BCUT2D eigenvalue weighted by Gasteiger charge is -2.35. The number of fused-ring (bicyclic) bond motifs is 2. The van der Waals surface area contributed by atoms with Crippen molar-refractivity contribution in [1.29, 1.82) is 0 Å². The van der Waals surface area contributed by atoms with E-state index in [0.717, 1.165) is 12.8 Å². The molecule has 9 heteroatoms. The van der Waals surface area contributed by atoms with Crippen molar-refractivity contribution in [2.24, 2.45) is 0 Å². The number of carbonyl (C=O) groups excluding carboxylic acids is 1. The first-order valence-electron chi connectivity index (χ1n) is 7.64. The number of likely N-dealkylation sites (N-methyl/N-ethyl adjacent to an activating group) is 1. The molecular weight excluding hydrogens is 322 g/mol. The standard InChI is InChI=1S/C14H21N5O3.ClH/c1-9-15-13(19(21)22)7-18(9)8-14(20)17(2)12-5-10-3-4-11(6-12)16-10;/h7,10-12,16H,3-6,8H2,1-2H3;1H. The van der Waals surface area contributed by atoms with Gasteiger partial charge in [-0.2, -0.15) is 0 Å². The van der Waals surface area contributed by atoms with Gasteiger partial charge in [-0.1, -0.05) is 0 Å². The number of imidazole rings is 1. The fraction of sp³-hybridized carbons (Fsp3) is 0.714. The number of nitrogens with zero attached hydrogens (tertiary/aromatic N) is 4. The quantitative estimate of drug-likeness (QED) is 0.656. The zero-order valence-corrected chi connectivity index (χ0v) is 14.1. The third kappa shape index (κ3) is 3.64. The summed E-state index contributed by atoms with van der Waals surface area (Å²) in [6.45, 7) is 1.77. The molecule has 0 saturated carbocycles. The van der Waals surface area contributed by atoms with Gasteiger partial charge in [0.05, 0.1) is 0 Å². The van der Waals surface area contributed by atoms with Crippen LogP contribution < -0.4 is 5.32 Å². The molecule has 0 aliphatic carbocycles. The summed E-state index contributed by atoms with van der Waals surface area (Å²) >= 11 is 0. The zero-order chi connectivity index (χ0) is 15.9. The molecule has 128 valence electrons. The molecule has 0 spiro atoms. The topological polar surface area (TPSA) is 93.3 Å². The van der Waals surface area contributed by atoms with Gasteiger partial charge in [-0.3, -0.25) is 9.36 Å². The highest BCUT2D eigenvalue weighted by Gasteiger charge is 2.36. The van der Waals surface area contributed by atoms with E-state index in [1.807, 2.05) is 7.05 Å². The molecule has 3 rings (SSSR count). The number of aryl methyl sites for hydroxylation is 1. The van der Waals surface area contributed by atoms with Gasteiger partial charge in [0, 0.05) is 32.1 Å². The third-order valence-electron chi connectivity index (χ3n) is 4.85. The van der Waals surface area contributed by atoms with Crippen molar-refractivity contribution < 1.29 is 9.72 Å². The van der Waals surface area contributed by atoms with E-state index in [0.29, 0.717) is 17.9 Å². The predicted octanol–water partition coefficient (Wildman–Crippen LogP) is 1.26. The van der Waals surface area contributed by atoms with Crippen LogP contribution in [-0.2, 0) is 11.3 Å². The Morgan fingerprint density at radius 2 is 2.09 bits per heavy atom. The van der Waals surface area contributed by atoms with Gasteiger partial charge in [-0.15, -0.1) is 12.4 Å². The largest absolute Gasteiger partial charge is 0.381 e. The molecule has 2 aliphatic rings. The van der Waals surface area contributed by atoms with E-state index in [1.54, 1.807) is 16.4 Å². The molecule has 2 saturated heterocycles. The molecule has 3 heterocycles. The minimum atomic E-state index is -0.539. The van der Waals surface area contributed by atoms with Crippen LogP contribution in [0.25, 0.3) is 0 Å².